The summed E-state index contributed by atoms with van der Waals surface area (Å²) >= 11 is 1.40. The van der Waals surface area contributed by atoms with Crippen molar-refractivity contribution in [1.29, 1.82) is 5.26 Å². The Morgan fingerprint density at radius 2 is 2.35 bits per heavy atom. The van der Waals surface area contributed by atoms with Crippen molar-refractivity contribution in [3.63, 3.8) is 0 Å². The van der Waals surface area contributed by atoms with Gasteiger partial charge in [0.2, 0.25) is 0 Å². The Kier molecular flexibility index (Phi) is 3.40. The highest BCUT2D eigenvalue weighted by Crippen LogP contribution is 2.22. The van der Waals surface area contributed by atoms with Gasteiger partial charge < -0.3 is 4.57 Å². The highest BCUT2D eigenvalue weighted by molar-refractivity contribution is 7.98. The number of nitrogens with zero attached hydrogens (tertiary/aromatic N) is 4. The van der Waals surface area contributed by atoms with Crippen molar-refractivity contribution in [3.8, 4) is 6.07 Å². The average molecular weight is 248 g/mol. The van der Waals surface area contributed by atoms with Gasteiger partial charge >= 0.3 is 0 Å². The SMILES string of the molecule is Cn1cnnc1SCc1ccc(C#N)cc1F. The van der Waals surface area contributed by atoms with Gasteiger partial charge in [0.05, 0.1) is 11.6 Å². The number of halogens is 1. The molecule has 0 radical (unpaired) electrons. The molecule has 4 nitrogen and oxygen atoms in total. The average Bonchev–Trinajstić information content (AvgIpc) is 2.73. The molecule has 0 saturated carbocycles. The Hall–Kier alpha value is -1.87. The lowest BCUT2D eigenvalue weighted by molar-refractivity contribution is 0.616. The third-order valence-corrected chi connectivity index (χ3v) is 3.29. The van der Waals surface area contributed by atoms with Crippen LogP contribution in [0, 0.1) is 17.1 Å². The van der Waals surface area contributed by atoms with Crippen molar-refractivity contribution in [1.82, 2.24) is 14.8 Å². The minimum absolute atomic E-state index is 0.329. The zero-order valence-corrected chi connectivity index (χ0v) is 9.91. The fraction of sp³-hybridized carbons (Fsp3) is 0.182. The Balaban J connectivity index is 2.10. The molecule has 86 valence electrons. The van der Waals surface area contributed by atoms with Crippen LogP contribution in [0.5, 0.6) is 0 Å². The predicted molar refractivity (Wildman–Crippen MR) is 61.7 cm³/mol. The Morgan fingerprint density at radius 3 is 2.94 bits per heavy atom. The predicted octanol–water partition coefficient (Wildman–Crippen LogP) is 2.12. The number of hydrogen-bond acceptors (Lipinski definition) is 4. The molecule has 1 aromatic heterocycles. The smallest absolute Gasteiger partial charge is 0.191 e. The third kappa shape index (κ3) is 2.63. The van der Waals surface area contributed by atoms with E-state index < -0.39 is 0 Å². The van der Waals surface area contributed by atoms with Crippen molar-refractivity contribution in [2.24, 2.45) is 7.05 Å². The van der Waals surface area contributed by atoms with Crippen LogP contribution < -0.4 is 0 Å². The van der Waals surface area contributed by atoms with Crippen LogP contribution in [-0.2, 0) is 12.8 Å². The summed E-state index contributed by atoms with van der Waals surface area (Å²) in [5, 5.41) is 17.0. The van der Waals surface area contributed by atoms with E-state index in [1.807, 2.05) is 13.1 Å². The molecule has 0 fully saturated rings. The maximum Gasteiger partial charge on any atom is 0.191 e. The molecule has 17 heavy (non-hydrogen) atoms. The number of aromatic nitrogens is 3. The van der Waals surface area contributed by atoms with Crippen LogP contribution in [0.1, 0.15) is 11.1 Å². The van der Waals surface area contributed by atoms with E-state index in [0.29, 0.717) is 16.9 Å². The third-order valence-electron chi connectivity index (χ3n) is 2.21. The summed E-state index contributed by atoms with van der Waals surface area (Å²) in [4.78, 5) is 0. The molecule has 0 aliphatic carbocycles. The van der Waals surface area contributed by atoms with Gasteiger partial charge in [0.1, 0.15) is 12.1 Å². The zero-order chi connectivity index (χ0) is 12.3. The molecule has 2 aromatic rings. The lowest BCUT2D eigenvalue weighted by Crippen LogP contribution is -1.92. The Bertz CT molecular complexity index is 573. The fourth-order valence-electron chi connectivity index (χ4n) is 1.28. The topological polar surface area (TPSA) is 54.5 Å². The number of thioether (sulfide) groups is 1. The molecule has 0 bridgehead atoms. The van der Waals surface area contributed by atoms with E-state index >= 15 is 0 Å². The molecule has 2 rings (SSSR count). The molecule has 0 aliphatic heterocycles. The van der Waals surface area contributed by atoms with Gasteiger partial charge in [-0.3, -0.25) is 0 Å². The van der Waals surface area contributed by atoms with E-state index in [1.165, 1.54) is 17.8 Å². The number of nitriles is 1. The molecule has 1 heterocycles. The molecule has 1 aromatic carbocycles. The van der Waals surface area contributed by atoms with E-state index in [1.54, 1.807) is 23.0 Å². The van der Waals surface area contributed by atoms with Crippen molar-refractivity contribution < 1.29 is 4.39 Å². The molecule has 6 heteroatoms. The van der Waals surface area contributed by atoms with Crippen LogP contribution in [0.2, 0.25) is 0 Å². The second kappa shape index (κ2) is 4.97. The molecule has 0 N–H and O–H groups in total. The van der Waals surface area contributed by atoms with Crippen LogP contribution in [0.15, 0.2) is 29.7 Å². The van der Waals surface area contributed by atoms with Crippen LogP contribution >= 0.6 is 11.8 Å². The van der Waals surface area contributed by atoms with Gasteiger partial charge in [-0.05, 0) is 17.7 Å². The summed E-state index contributed by atoms with van der Waals surface area (Å²) in [5.41, 5.74) is 0.881. The van der Waals surface area contributed by atoms with Crippen molar-refractivity contribution in [3.05, 3.63) is 41.5 Å². The summed E-state index contributed by atoms with van der Waals surface area (Å²) in [6.07, 6.45) is 1.59. The van der Waals surface area contributed by atoms with Crippen LogP contribution in [0.3, 0.4) is 0 Å². The molecule has 0 unspecified atom stereocenters. The standard InChI is InChI=1S/C11H9FN4S/c1-16-7-14-15-11(16)17-6-9-3-2-8(5-13)4-10(9)12/h2-4,7H,6H2,1H3. The lowest BCUT2D eigenvalue weighted by Gasteiger charge is -2.02. The van der Waals surface area contributed by atoms with Gasteiger partial charge in [-0.15, -0.1) is 10.2 Å². The highest BCUT2D eigenvalue weighted by atomic mass is 32.2. The number of rotatable bonds is 3. The number of benzene rings is 1. The maximum absolute atomic E-state index is 13.6. The van der Waals surface area contributed by atoms with E-state index in [9.17, 15) is 4.39 Å². The molecule has 0 amide bonds. The quantitative estimate of drug-likeness (QED) is 0.781. The van der Waals surface area contributed by atoms with Crippen LogP contribution in [0.4, 0.5) is 4.39 Å². The second-order valence-electron chi connectivity index (χ2n) is 3.43. The van der Waals surface area contributed by atoms with Crippen molar-refractivity contribution >= 4 is 11.8 Å². The van der Waals surface area contributed by atoms with Crippen molar-refractivity contribution in [2.75, 3.05) is 0 Å². The molecule has 0 spiro atoms. The van der Waals surface area contributed by atoms with E-state index in [0.717, 1.165) is 5.16 Å². The van der Waals surface area contributed by atoms with Gasteiger partial charge in [-0.25, -0.2) is 4.39 Å². The molecule has 0 saturated heterocycles. The molecular formula is C11H9FN4S. The van der Waals surface area contributed by atoms with E-state index in [4.69, 9.17) is 5.26 Å². The first kappa shape index (κ1) is 11.6. The van der Waals surface area contributed by atoms with Crippen LogP contribution in [0.25, 0.3) is 0 Å². The second-order valence-corrected chi connectivity index (χ2v) is 4.37. The Labute approximate surface area is 102 Å². The maximum atomic E-state index is 13.6. The van der Waals surface area contributed by atoms with E-state index in [-0.39, 0.29) is 5.82 Å². The summed E-state index contributed by atoms with van der Waals surface area (Å²) in [6.45, 7) is 0. The summed E-state index contributed by atoms with van der Waals surface area (Å²) in [7, 11) is 1.83. The van der Waals surface area contributed by atoms with E-state index in [2.05, 4.69) is 10.2 Å². The highest BCUT2D eigenvalue weighted by Gasteiger charge is 2.07. The van der Waals surface area contributed by atoms with Gasteiger partial charge in [0, 0.05) is 12.8 Å². The normalized spacial score (nSPS) is 10.2. The van der Waals surface area contributed by atoms with Gasteiger partial charge in [0.25, 0.3) is 0 Å². The molecular weight excluding hydrogens is 239 g/mol. The first-order valence-electron chi connectivity index (χ1n) is 4.86. The monoisotopic (exact) mass is 248 g/mol. The number of hydrogen-bond donors (Lipinski definition) is 0. The van der Waals surface area contributed by atoms with Gasteiger partial charge in [-0.1, -0.05) is 17.8 Å². The van der Waals surface area contributed by atoms with Crippen LogP contribution in [-0.4, -0.2) is 14.8 Å². The summed E-state index contributed by atoms with van der Waals surface area (Å²) < 4.78 is 15.3. The molecule has 0 atom stereocenters. The lowest BCUT2D eigenvalue weighted by atomic mass is 10.1. The Morgan fingerprint density at radius 1 is 1.53 bits per heavy atom. The summed E-state index contributed by atoms with van der Waals surface area (Å²) in [6, 6.07) is 6.37. The summed E-state index contributed by atoms with van der Waals surface area (Å²) in [5.74, 6) is 0.100. The first-order valence-corrected chi connectivity index (χ1v) is 5.84. The fourth-order valence-corrected chi connectivity index (χ4v) is 2.15. The minimum atomic E-state index is -0.362. The first-order chi connectivity index (χ1) is 8.20. The zero-order valence-electron chi connectivity index (χ0n) is 9.09. The van der Waals surface area contributed by atoms with Gasteiger partial charge in [0.15, 0.2) is 5.16 Å². The number of aryl methyl sites for hydroxylation is 1. The van der Waals surface area contributed by atoms with Crippen molar-refractivity contribution in [2.45, 2.75) is 10.9 Å². The van der Waals surface area contributed by atoms with Gasteiger partial charge in [-0.2, -0.15) is 5.26 Å². The largest absolute Gasteiger partial charge is 0.312 e. The minimum Gasteiger partial charge on any atom is -0.312 e. The molecule has 0 aliphatic rings.